The zero-order valence-corrected chi connectivity index (χ0v) is 4.74. The van der Waals surface area contributed by atoms with Crippen molar-refractivity contribution in [3.63, 3.8) is 0 Å². The minimum atomic E-state index is -0.685. The average molecular weight is 118 g/mol. The van der Waals surface area contributed by atoms with E-state index < -0.39 is 12.2 Å². The molecular formula is C5H10O3. The summed E-state index contributed by atoms with van der Waals surface area (Å²) < 4.78 is 4.88. The van der Waals surface area contributed by atoms with Crippen LogP contribution in [0.5, 0.6) is 0 Å². The predicted octanol–water partition coefficient (Wildman–Crippen LogP) is -0.873. The smallest absolute Gasteiger partial charge is 0.108 e. The zero-order valence-electron chi connectivity index (χ0n) is 4.74. The molecule has 3 heteroatoms. The monoisotopic (exact) mass is 118 g/mol. The summed E-state index contributed by atoms with van der Waals surface area (Å²) in [5, 5.41) is 17.7. The lowest BCUT2D eigenvalue weighted by molar-refractivity contribution is 0.0318. The molecule has 0 aromatic rings. The van der Waals surface area contributed by atoms with Gasteiger partial charge in [-0.2, -0.15) is 0 Å². The van der Waals surface area contributed by atoms with Gasteiger partial charge in [0.05, 0.1) is 12.7 Å². The summed E-state index contributed by atoms with van der Waals surface area (Å²) in [4.78, 5) is 0. The first-order chi connectivity index (χ1) is 3.72. The Balaban J connectivity index is 2.44. The van der Waals surface area contributed by atoms with Crippen LogP contribution < -0.4 is 0 Å². The molecule has 3 atom stereocenters. The maximum absolute atomic E-state index is 8.89. The van der Waals surface area contributed by atoms with E-state index >= 15 is 0 Å². The molecular weight excluding hydrogens is 108 g/mol. The van der Waals surface area contributed by atoms with E-state index in [-0.39, 0.29) is 12.7 Å². The third-order valence-electron chi connectivity index (χ3n) is 1.41. The molecule has 0 radical (unpaired) electrons. The van der Waals surface area contributed by atoms with Crippen molar-refractivity contribution in [2.75, 3.05) is 6.61 Å². The highest BCUT2D eigenvalue weighted by Gasteiger charge is 2.30. The number of hydrogen-bond donors (Lipinski definition) is 2. The largest absolute Gasteiger partial charge is 0.388 e. The Morgan fingerprint density at radius 1 is 1.50 bits per heavy atom. The fourth-order valence-corrected chi connectivity index (χ4v) is 0.760. The standard InChI is InChI=1S/C5H10O3/c1-3-5(7)4(6)2-8-3/h3-7H,2H2,1H3/t3?,4?,5-/m1/s1. The molecule has 0 saturated carbocycles. The van der Waals surface area contributed by atoms with Gasteiger partial charge in [-0.05, 0) is 6.92 Å². The van der Waals surface area contributed by atoms with E-state index in [9.17, 15) is 0 Å². The third-order valence-corrected chi connectivity index (χ3v) is 1.41. The number of ether oxygens (including phenoxy) is 1. The summed E-state index contributed by atoms with van der Waals surface area (Å²) in [6.45, 7) is 2.00. The van der Waals surface area contributed by atoms with Crippen LogP contribution in [-0.2, 0) is 4.74 Å². The van der Waals surface area contributed by atoms with E-state index in [0.29, 0.717) is 0 Å². The Labute approximate surface area is 47.9 Å². The Hall–Kier alpha value is -0.120. The molecule has 0 amide bonds. The summed E-state index contributed by atoms with van der Waals surface area (Å²) in [5.74, 6) is 0. The van der Waals surface area contributed by atoms with Crippen molar-refractivity contribution in [1.82, 2.24) is 0 Å². The Kier molecular flexibility index (Phi) is 1.51. The van der Waals surface area contributed by atoms with Gasteiger partial charge < -0.3 is 14.9 Å². The molecule has 0 bridgehead atoms. The topological polar surface area (TPSA) is 49.7 Å². The van der Waals surface area contributed by atoms with Gasteiger partial charge in [0.2, 0.25) is 0 Å². The molecule has 0 spiro atoms. The molecule has 1 saturated heterocycles. The second kappa shape index (κ2) is 2.01. The van der Waals surface area contributed by atoms with Crippen LogP contribution in [0.2, 0.25) is 0 Å². The molecule has 8 heavy (non-hydrogen) atoms. The highest BCUT2D eigenvalue weighted by atomic mass is 16.5. The fourth-order valence-electron chi connectivity index (χ4n) is 0.760. The van der Waals surface area contributed by atoms with Gasteiger partial charge >= 0.3 is 0 Å². The molecule has 0 aliphatic carbocycles. The van der Waals surface area contributed by atoms with Crippen LogP contribution in [0.1, 0.15) is 6.92 Å². The number of aliphatic hydroxyl groups excluding tert-OH is 2. The van der Waals surface area contributed by atoms with E-state index in [1.807, 2.05) is 0 Å². The number of hydrogen-bond acceptors (Lipinski definition) is 3. The summed E-state index contributed by atoms with van der Waals surface area (Å²) in [6, 6.07) is 0. The molecule has 2 unspecified atom stereocenters. The summed E-state index contributed by atoms with van der Waals surface area (Å²) >= 11 is 0. The van der Waals surface area contributed by atoms with Crippen LogP contribution >= 0.6 is 0 Å². The average Bonchev–Trinajstić information content (AvgIpc) is 1.98. The fraction of sp³-hybridized carbons (Fsp3) is 1.00. The number of aliphatic hydroxyl groups is 2. The highest BCUT2D eigenvalue weighted by Crippen LogP contribution is 2.12. The van der Waals surface area contributed by atoms with Crippen molar-refractivity contribution in [3.05, 3.63) is 0 Å². The van der Waals surface area contributed by atoms with Gasteiger partial charge in [-0.3, -0.25) is 0 Å². The molecule has 0 aromatic carbocycles. The summed E-state index contributed by atoms with van der Waals surface area (Å²) in [7, 11) is 0. The molecule has 1 fully saturated rings. The first-order valence-corrected chi connectivity index (χ1v) is 2.69. The van der Waals surface area contributed by atoms with Gasteiger partial charge in [-0.15, -0.1) is 0 Å². The van der Waals surface area contributed by atoms with Crippen LogP contribution in [0, 0.1) is 0 Å². The molecule has 1 heterocycles. The molecule has 1 rings (SSSR count). The van der Waals surface area contributed by atoms with Crippen molar-refractivity contribution in [2.24, 2.45) is 0 Å². The highest BCUT2D eigenvalue weighted by molar-refractivity contribution is 4.79. The maximum Gasteiger partial charge on any atom is 0.108 e. The lowest BCUT2D eigenvalue weighted by Crippen LogP contribution is -2.27. The Bertz CT molecular complexity index is 73.7. The van der Waals surface area contributed by atoms with Crippen LogP contribution in [-0.4, -0.2) is 35.1 Å². The van der Waals surface area contributed by atoms with Gasteiger partial charge in [-0.25, -0.2) is 0 Å². The maximum atomic E-state index is 8.89. The molecule has 1 aliphatic heterocycles. The Morgan fingerprint density at radius 2 is 2.12 bits per heavy atom. The van der Waals surface area contributed by atoms with Crippen molar-refractivity contribution >= 4 is 0 Å². The van der Waals surface area contributed by atoms with Crippen LogP contribution in [0.15, 0.2) is 0 Å². The van der Waals surface area contributed by atoms with Crippen molar-refractivity contribution < 1.29 is 14.9 Å². The second-order valence-electron chi connectivity index (χ2n) is 2.10. The van der Waals surface area contributed by atoms with E-state index in [4.69, 9.17) is 14.9 Å². The van der Waals surface area contributed by atoms with E-state index in [0.717, 1.165) is 0 Å². The SMILES string of the molecule is CC1OCC(O)[C@@H]1O. The first-order valence-electron chi connectivity index (χ1n) is 2.69. The van der Waals surface area contributed by atoms with Gasteiger partial charge in [0.1, 0.15) is 12.2 Å². The van der Waals surface area contributed by atoms with Crippen LogP contribution in [0.3, 0.4) is 0 Å². The summed E-state index contributed by atoms with van der Waals surface area (Å²) in [6.07, 6.45) is -1.56. The van der Waals surface area contributed by atoms with Crippen molar-refractivity contribution in [2.45, 2.75) is 25.2 Å². The van der Waals surface area contributed by atoms with Gasteiger partial charge in [0, 0.05) is 0 Å². The summed E-state index contributed by atoms with van der Waals surface area (Å²) in [5.41, 5.74) is 0. The van der Waals surface area contributed by atoms with Gasteiger partial charge in [-0.1, -0.05) is 0 Å². The van der Waals surface area contributed by atoms with Crippen molar-refractivity contribution in [3.8, 4) is 0 Å². The van der Waals surface area contributed by atoms with Crippen LogP contribution in [0.4, 0.5) is 0 Å². The number of rotatable bonds is 0. The molecule has 2 N–H and O–H groups in total. The van der Waals surface area contributed by atoms with Gasteiger partial charge in [0.15, 0.2) is 0 Å². The quantitative estimate of drug-likeness (QED) is 0.434. The minimum absolute atomic E-state index is 0.204. The van der Waals surface area contributed by atoms with Gasteiger partial charge in [0.25, 0.3) is 0 Å². The molecule has 0 aromatic heterocycles. The lowest BCUT2D eigenvalue weighted by atomic mass is 10.2. The predicted molar refractivity (Wildman–Crippen MR) is 27.4 cm³/mol. The van der Waals surface area contributed by atoms with Crippen LogP contribution in [0.25, 0.3) is 0 Å². The minimum Gasteiger partial charge on any atom is -0.388 e. The lowest BCUT2D eigenvalue weighted by Gasteiger charge is -2.07. The van der Waals surface area contributed by atoms with E-state index in [1.165, 1.54) is 0 Å². The van der Waals surface area contributed by atoms with E-state index in [2.05, 4.69) is 0 Å². The third kappa shape index (κ3) is 0.844. The van der Waals surface area contributed by atoms with E-state index in [1.54, 1.807) is 6.92 Å². The first kappa shape index (κ1) is 6.01. The Morgan fingerprint density at radius 3 is 2.25 bits per heavy atom. The van der Waals surface area contributed by atoms with Crippen molar-refractivity contribution in [1.29, 1.82) is 0 Å². The normalized spacial score (nSPS) is 47.6. The molecule has 1 aliphatic rings. The zero-order chi connectivity index (χ0) is 6.15. The molecule has 48 valence electrons. The second-order valence-corrected chi connectivity index (χ2v) is 2.10. The molecule has 3 nitrogen and oxygen atoms in total.